The molecule has 1 atom stereocenters. The molecule has 0 spiro atoms. The Morgan fingerprint density at radius 3 is 2.48 bits per heavy atom. The molecule has 3 aromatic rings. The Labute approximate surface area is 159 Å². The average Bonchev–Trinajstić information content (AvgIpc) is 3.10. The summed E-state index contributed by atoms with van der Waals surface area (Å²) in [7, 11) is 0. The third-order valence-corrected chi connectivity index (χ3v) is 4.37. The highest BCUT2D eigenvalue weighted by Crippen LogP contribution is 2.21. The van der Waals surface area contributed by atoms with Gasteiger partial charge in [0.15, 0.2) is 0 Å². The molecule has 0 aliphatic rings. The van der Waals surface area contributed by atoms with Crippen molar-refractivity contribution in [2.24, 2.45) is 5.92 Å². The lowest BCUT2D eigenvalue weighted by molar-refractivity contribution is -0.123. The minimum atomic E-state index is -0.127. The van der Waals surface area contributed by atoms with E-state index in [1.165, 1.54) is 4.80 Å². The fraction of sp³-hybridized carbons (Fsp3) is 0.333. The molecule has 0 unspecified atom stereocenters. The molecule has 0 bridgehead atoms. The minimum absolute atomic E-state index is 0.0296. The van der Waals surface area contributed by atoms with Gasteiger partial charge in [0, 0.05) is 5.56 Å². The summed E-state index contributed by atoms with van der Waals surface area (Å²) in [6.07, 6.45) is 0.870. The first-order chi connectivity index (χ1) is 13.0. The van der Waals surface area contributed by atoms with Gasteiger partial charge in [0.1, 0.15) is 6.54 Å². The predicted molar refractivity (Wildman–Crippen MR) is 105 cm³/mol. The van der Waals surface area contributed by atoms with Crippen molar-refractivity contribution in [2.75, 3.05) is 0 Å². The maximum absolute atomic E-state index is 12.6. The molecule has 3 rings (SSSR count). The van der Waals surface area contributed by atoms with Gasteiger partial charge in [-0.15, -0.1) is 10.2 Å². The van der Waals surface area contributed by atoms with Gasteiger partial charge in [-0.1, -0.05) is 68.4 Å². The van der Waals surface area contributed by atoms with Crippen molar-refractivity contribution < 1.29 is 4.79 Å². The summed E-state index contributed by atoms with van der Waals surface area (Å²) >= 11 is 0. The van der Waals surface area contributed by atoms with Crippen LogP contribution in [-0.2, 0) is 11.3 Å². The number of hydrogen-bond donors (Lipinski definition) is 1. The van der Waals surface area contributed by atoms with E-state index in [0.29, 0.717) is 11.7 Å². The van der Waals surface area contributed by atoms with Crippen LogP contribution in [0.3, 0.4) is 0 Å². The first-order valence-electron chi connectivity index (χ1n) is 9.21. The third-order valence-electron chi connectivity index (χ3n) is 4.37. The van der Waals surface area contributed by atoms with Crippen LogP contribution in [0.4, 0.5) is 0 Å². The van der Waals surface area contributed by atoms with Crippen molar-refractivity contribution >= 4 is 5.91 Å². The summed E-state index contributed by atoms with van der Waals surface area (Å²) < 4.78 is 0. The molecule has 1 heterocycles. The summed E-state index contributed by atoms with van der Waals surface area (Å²) in [6.45, 7) is 6.34. The lowest BCUT2D eigenvalue weighted by Crippen LogP contribution is -2.33. The smallest absolute Gasteiger partial charge is 0.244 e. The molecule has 0 radical (unpaired) electrons. The fourth-order valence-electron chi connectivity index (χ4n) is 3.05. The summed E-state index contributed by atoms with van der Waals surface area (Å²) in [5.41, 5.74) is 3.10. The summed E-state index contributed by atoms with van der Waals surface area (Å²) in [5.74, 6) is 0.869. The molecular weight excluding hydrogens is 338 g/mol. The van der Waals surface area contributed by atoms with Crippen molar-refractivity contribution in [3.8, 4) is 11.4 Å². The standard InChI is InChI=1S/C21H25N5O/c1-15(2)13-19(17-10-5-4-6-11-17)22-20(27)14-26-24-21(23-25-26)18-12-8-7-9-16(18)3/h4-12,15,19H,13-14H2,1-3H3,(H,22,27)/t19-/m0/s1. The molecule has 1 aromatic heterocycles. The molecule has 27 heavy (non-hydrogen) atoms. The van der Waals surface area contributed by atoms with Gasteiger partial charge in [0.05, 0.1) is 6.04 Å². The zero-order valence-electron chi connectivity index (χ0n) is 16.0. The number of carbonyl (C=O) groups is 1. The molecule has 0 aliphatic heterocycles. The highest BCUT2D eigenvalue weighted by molar-refractivity contribution is 5.76. The monoisotopic (exact) mass is 363 g/mol. The van der Waals surface area contributed by atoms with Gasteiger partial charge < -0.3 is 5.32 Å². The first kappa shape index (κ1) is 18.8. The largest absolute Gasteiger partial charge is 0.348 e. The molecule has 1 amide bonds. The molecule has 0 fully saturated rings. The second-order valence-corrected chi connectivity index (χ2v) is 7.12. The maximum atomic E-state index is 12.6. The van der Waals surface area contributed by atoms with Crippen LogP contribution in [0.2, 0.25) is 0 Å². The SMILES string of the molecule is Cc1ccccc1-c1nnn(CC(=O)N[C@@H](CC(C)C)c2ccccc2)n1. The Morgan fingerprint density at radius 1 is 1.07 bits per heavy atom. The Balaban J connectivity index is 1.68. The molecule has 140 valence electrons. The number of aryl methyl sites for hydroxylation is 1. The topological polar surface area (TPSA) is 72.7 Å². The van der Waals surface area contributed by atoms with Crippen molar-refractivity contribution in [2.45, 2.75) is 39.8 Å². The number of rotatable bonds is 7. The van der Waals surface area contributed by atoms with E-state index in [9.17, 15) is 4.79 Å². The molecule has 6 heteroatoms. The Morgan fingerprint density at radius 2 is 1.78 bits per heavy atom. The van der Waals surface area contributed by atoms with E-state index in [0.717, 1.165) is 23.1 Å². The first-order valence-corrected chi connectivity index (χ1v) is 9.21. The van der Waals surface area contributed by atoms with E-state index >= 15 is 0 Å². The zero-order chi connectivity index (χ0) is 19.2. The molecular formula is C21H25N5O. The number of nitrogens with zero attached hydrogens (tertiary/aromatic N) is 4. The molecule has 0 saturated heterocycles. The number of hydrogen-bond acceptors (Lipinski definition) is 4. The predicted octanol–water partition coefficient (Wildman–Crippen LogP) is 3.55. The van der Waals surface area contributed by atoms with Gasteiger partial charge in [-0.05, 0) is 35.6 Å². The zero-order valence-corrected chi connectivity index (χ0v) is 16.0. The lowest BCUT2D eigenvalue weighted by atomic mass is 9.97. The van der Waals surface area contributed by atoms with E-state index in [2.05, 4.69) is 34.6 Å². The van der Waals surface area contributed by atoms with Gasteiger partial charge in [-0.3, -0.25) is 4.79 Å². The Bertz CT molecular complexity index is 888. The molecule has 1 N–H and O–H groups in total. The Kier molecular flexibility index (Phi) is 5.96. The second-order valence-electron chi connectivity index (χ2n) is 7.12. The van der Waals surface area contributed by atoms with Crippen LogP contribution >= 0.6 is 0 Å². The number of amides is 1. The summed E-state index contributed by atoms with van der Waals surface area (Å²) in [5, 5.41) is 15.6. The lowest BCUT2D eigenvalue weighted by Gasteiger charge is -2.21. The normalized spacial score (nSPS) is 12.1. The van der Waals surface area contributed by atoms with Crippen molar-refractivity contribution in [3.05, 3.63) is 65.7 Å². The number of tetrazole rings is 1. The van der Waals surface area contributed by atoms with Gasteiger partial charge in [0.25, 0.3) is 0 Å². The van der Waals surface area contributed by atoms with Crippen LogP contribution < -0.4 is 5.32 Å². The summed E-state index contributed by atoms with van der Waals surface area (Å²) in [4.78, 5) is 13.9. The maximum Gasteiger partial charge on any atom is 0.244 e. The second kappa shape index (κ2) is 8.58. The highest BCUT2D eigenvalue weighted by Gasteiger charge is 2.17. The van der Waals surface area contributed by atoms with Crippen molar-refractivity contribution in [1.29, 1.82) is 0 Å². The quantitative estimate of drug-likeness (QED) is 0.697. The van der Waals surface area contributed by atoms with Gasteiger partial charge >= 0.3 is 0 Å². The van der Waals surface area contributed by atoms with E-state index < -0.39 is 0 Å². The summed E-state index contributed by atoms with van der Waals surface area (Å²) in [6, 6.07) is 17.9. The number of nitrogens with one attached hydrogen (secondary N) is 1. The fourth-order valence-corrected chi connectivity index (χ4v) is 3.05. The van der Waals surface area contributed by atoms with Crippen LogP contribution in [-0.4, -0.2) is 26.1 Å². The van der Waals surface area contributed by atoms with Crippen LogP contribution in [0, 0.1) is 12.8 Å². The number of benzene rings is 2. The van der Waals surface area contributed by atoms with Crippen LogP contribution in [0.15, 0.2) is 54.6 Å². The molecule has 0 aliphatic carbocycles. The van der Waals surface area contributed by atoms with E-state index in [-0.39, 0.29) is 18.5 Å². The molecule has 0 saturated carbocycles. The van der Waals surface area contributed by atoms with Gasteiger partial charge in [-0.25, -0.2) is 0 Å². The van der Waals surface area contributed by atoms with Gasteiger partial charge in [0.2, 0.25) is 11.7 Å². The van der Waals surface area contributed by atoms with E-state index in [4.69, 9.17) is 0 Å². The van der Waals surface area contributed by atoms with Crippen LogP contribution in [0.25, 0.3) is 11.4 Å². The van der Waals surface area contributed by atoms with Crippen LogP contribution in [0.5, 0.6) is 0 Å². The molecule has 6 nitrogen and oxygen atoms in total. The average molecular weight is 363 g/mol. The highest BCUT2D eigenvalue weighted by atomic mass is 16.2. The van der Waals surface area contributed by atoms with E-state index in [1.807, 2.05) is 61.5 Å². The number of aromatic nitrogens is 4. The van der Waals surface area contributed by atoms with Crippen molar-refractivity contribution in [3.63, 3.8) is 0 Å². The van der Waals surface area contributed by atoms with E-state index in [1.54, 1.807) is 0 Å². The van der Waals surface area contributed by atoms with Crippen molar-refractivity contribution in [1.82, 2.24) is 25.5 Å². The van der Waals surface area contributed by atoms with Crippen LogP contribution in [0.1, 0.15) is 37.4 Å². The third kappa shape index (κ3) is 5.00. The Hall–Kier alpha value is -3.02. The minimum Gasteiger partial charge on any atom is -0.348 e. The molecule has 2 aromatic carbocycles. The number of carbonyl (C=O) groups excluding carboxylic acids is 1. The van der Waals surface area contributed by atoms with Gasteiger partial charge in [-0.2, -0.15) is 4.80 Å².